The molecule has 124 valence electrons. The number of amides is 1. The van der Waals surface area contributed by atoms with Crippen molar-refractivity contribution in [3.8, 4) is 5.75 Å². The van der Waals surface area contributed by atoms with Crippen LogP contribution in [0.3, 0.4) is 0 Å². The van der Waals surface area contributed by atoms with Crippen LogP contribution in [-0.4, -0.2) is 45.4 Å². The highest BCUT2D eigenvalue weighted by Crippen LogP contribution is 2.19. The molecule has 1 unspecified atom stereocenters. The molecule has 1 aliphatic heterocycles. The van der Waals surface area contributed by atoms with Crippen LogP contribution in [0.1, 0.15) is 17.5 Å². The number of ether oxygens (including phenoxy) is 2. The third-order valence-corrected chi connectivity index (χ3v) is 3.58. The maximum absolute atomic E-state index is 11.9. The first-order chi connectivity index (χ1) is 10.2. The Kier molecular flexibility index (Phi) is 8.24. The van der Waals surface area contributed by atoms with Crippen molar-refractivity contribution in [2.24, 2.45) is 0 Å². The Morgan fingerprint density at radius 2 is 2.32 bits per heavy atom. The third kappa shape index (κ3) is 5.83. The minimum Gasteiger partial charge on any atom is -0.496 e. The summed E-state index contributed by atoms with van der Waals surface area (Å²) < 4.78 is 10.7. The normalized spacial score (nSPS) is 17.5. The summed E-state index contributed by atoms with van der Waals surface area (Å²) >= 11 is 0. The lowest BCUT2D eigenvalue weighted by atomic mass is 10.1. The fraction of sp³-hybridized carbons (Fsp3) is 0.562. The third-order valence-electron chi connectivity index (χ3n) is 3.58. The molecule has 1 aromatic carbocycles. The van der Waals surface area contributed by atoms with Gasteiger partial charge in [-0.15, -0.1) is 12.4 Å². The Labute approximate surface area is 138 Å². The predicted molar refractivity (Wildman–Crippen MR) is 88.9 cm³/mol. The Balaban J connectivity index is 0.00000242. The van der Waals surface area contributed by atoms with Gasteiger partial charge >= 0.3 is 0 Å². The van der Waals surface area contributed by atoms with Crippen molar-refractivity contribution in [2.45, 2.75) is 25.8 Å². The number of carbonyl (C=O) groups excluding carboxylic acids is 1. The number of hydrogen-bond donors (Lipinski definition) is 2. The molecule has 0 aliphatic carbocycles. The van der Waals surface area contributed by atoms with Gasteiger partial charge in [0, 0.05) is 25.6 Å². The van der Waals surface area contributed by atoms with Gasteiger partial charge in [0.25, 0.3) is 0 Å². The topological polar surface area (TPSA) is 59.6 Å². The number of morpholine rings is 1. The number of rotatable bonds is 6. The first-order valence-corrected chi connectivity index (χ1v) is 7.40. The Morgan fingerprint density at radius 1 is 1.50 bits per heavy atom. The van der Waals surface area contributed by atoms with Crippen LogP contribution < -0.4 is 15.4 Å². The van der Waals surface area contributed by atoms with Gasteiger partial charge in [0.15, 0.2) is 0 Å². The molecule has 1 atom stereocenters. The van der Waals surface area contributed by atoms with E-state index >= 15 is 0 Å². The van der Waals surface area contributed by atoms with Gasteiger partial charge in [0.05, 0.1) is 20.3 Å². The van der Waals surface area contributed by atoms with Gasteiger partial charge in [-0.2, -0.15) is 0 Å². The smallest absolute Gasteiger partial charge is 0.221 e. The second-order valence-electron chi connectivity index (χ2n) is 5.35. The molecule has 1 aromatic rings. The molecule has 0 radical (unpaired) electrons. The summed E-state index contributed by atoms with van der Waals surface area (Å²) in [7, 11) is 1.67. The van der Waals surface area contributed by atoms with Crippen LogP contribution >= 0.6 is 12.4 Å². The van der Waals surface area contributed by atoms with Crippen LogP contribution in [0.25, 0.3) is 0 Å². The molecule has 5 nitrogen and oxygen atoms in total. The number of methoxy groups -OCH3 is 1. The summed E-state index contributed by atoms with van der Waals surface area (Å²) in [5.74, 6) is 0.932. The van der Waals surface area contributed by atoms with Crippen molar-refractivity contribution in [1.82, 2.24) is 10.6 Å². The minimum absolute atomic E-state index is 0. The number of hydrogen-bond acceptors (Lipinski definition) is 4. The van der Waals surface area contributed by atoms with Gasteiger partial charge in [0.1, 0.15) is 5.75 Å². The quantitative estimate of drug-likeness (QED) is 0.830. The van der Waals surface area contributed by atoms with Gasteiger partial charge in [-0.25, -0.2) is 0 Å². The summed E-state index contributed by atoms with van der Waals surface area (Å²) in [6, 6.07) is 6.22. The van der Waals surface area contributed by atoms with Crippen LogP contribution in [0.5, 0.6) is 5.75 Å². The minimum atomic E-state index is 0. The zero-order chi connectivity index (χ0) is 15.1. The lowest BCUT2D eigenvalue weighted by molar-refractivity contribution is -0.122. The lowest BCUT2D eigenvalue weighted by Gasteiger charge is -2.23. The second-order valence-corrected chi connectivity index (χ2v) is 5.35. The van der Waals surface area contributed by atoms with E-state index in [1.54, 1.807) is 7.11 Å². The average Bonchev–Trinajstić information content (AvgIpc) is 2.48. The number of nitrogens with one attached hydrogen (secondary N) is 2. The van der Waals surface area contributed by atoms with E-state index in [1.807, 2.05) is 12.1 Å². The van der Waals surface area contributed by atoms with E-state index in [1.165, 1.54) is 5.56 Å². The molecule has 0 saturated carbocycles. The van der Waals surface area contributed by atoms with Crippen molar-refractivity contribution in [3.63, 3.8) is 0 Å². The molecule has 1 aliphatic rings. The van der Waals surface area contributed by atoms with Crippen LogP contribution in [0.4, 0.5) is 0 Å². The number of aryl methyl sites for hydroxylation is 1. The zero-order valence-corrected chi connectivity index (χ0v) is 14.0. The van der Waals surface area contributed by atoms with E-state index in [4.69, 9.17) is 9.47 Å². The Bertz CT molecular complexity index is 476. The highest BCUT2D eigenvalue weighted by atomic mass is 35.5. The van der Waals surface area contributed by atoms with E-state index < -0.39 is 0 Å². The van der Waals surface area contributed by atoms with E-state index in [0.717, 1.165) is 30.9 Å². The van der Waals surface area contributed by atoms with Crippen LogP contribution in [0.15, 0.2) is 18.2 Å². The second kappa shape index (κ2) is 9.66. The maximum Gasteiger partial charge on any atom is 0.221 e. The van der Waals surface area contributed by atoms with Crippen LogP contribution in [0.2, 0.25) is 0 Å². The van der Waals surface area contributed by atoms with E-state index in [-0.39, 0.29) is 24.4 Å². The molecule has 1 saturated heterocycles. The van der Waals surface area contributed by atoms with E-state index in [9.17, 15) is 4.79 Å². The van der Waals surface area contributed by atoms with Crippen molar-refractivity contribution in [3.05, 3.63) is 29.3 Å². The molecule has 2 N–H and O–H groups in total. The molecule has 0 aromatic heterocycles. The first kappa shape index (κ1) is 18.7. The van der Waals surface area contributed by atoms with Gasteiger partial charge in [-0.05, 0) is 25.0 Å². The number of carbonyl (C=O) groups is 1. The molecule has 1 heterocycles. The summed E-state index contributed by atoms with van der Waals surface area (Å²) in [5, 5.41) is 6.24. The van der Waals surface area contributed by atoms with Crippen LogP contribution in [-0.2, 0) is 16.0 Å². The molecule has 2 rings (SSSR count). The molecule has 1 fully saturated rings. The average molecular weight is 329 g/mol. The van der Waals surface area contributed by atoms with Crippen molar-refractivity contribution >= 4 is 18.3 Å². The SMILES string of the molecule is COc1ccc(C)cc1CCNC(=O)CC1COCCN1.Cl. The largest absolute Gasteiger partial charge is 0.496 e. The Morgan fingerprint density at radius 3 is 3.00 bits per heavy atom. The van der Waals surface area contributed by atoms with Gasteiger partial charge in [-0.3, -0.25) is 4.79 Å². The van der Waals surface area contributed by atoms with Gasteiger partial charge in [-0.1, -0.05) is 17.7 Å². The molecular formula is C16H25ClN2O3. The standard InChI is InChI=1S/C16H24N2O3.ClH/c1-12-3-4-15(20-2)13(9-12)5-6-18-16(19)10-14-11-21-8-7-17-14;/h3-4,9,14,17H,5-8,10-11H2,1-2H3,(H,18,19);1H. The number of halogens is 1. The summed E-state index contributed by atoms with van der Waals surface area (Å²) in [5.41, 5.74) is 2.32. The molecule has 6 heteroatoms. The van der Waals surface area contributed by atoms with Crippen molar-refractivity contribution in [1.29, 1.82) is 0 Å². The van der Waals surface area contributed by atoms with Crippen LogP contribution in [0, 0.1) is 6.92 Å². The van der Waals surface area contributed by atoms with E-state index in [0.29, 0.717) is 19.6 Å². The fourth-order valence-electron chi connectivity index (χ4n) is 2.49. The summed E-state index contributed by atoms with van der Waals surface area (Å²) in [6.45, 7) is 4.82. The maximum atomic E-state index is 11.9. The molecule has 22 heavy (non-hydrogen) atoms. The van der Waals surface area contributed by atoms with Crippen molar-refractivity contribution in [2.75, 3.05) is 33.4 Å². The Hall–Kier alpha value is -1.30. The van der Waals surface area contributed by atoms with Gasteiger partial charge < -0.3 is 20.1 Å². The molecule has 1 amide bonds. The monoisotopic (exact) mass is 328 g/mol. The highest BCUT2D eigenvalue weighted by molar-refractivity contribution is 5.85. The number of benzene rings is 1. The van der Waals surface area contributed by atoms with Crippen molar-refractivity contribution < 1.29 is 14.3 Å². The van der Waals surface area contributed by atoms with Gasteiger partial charge in [0.2, 0.25) is 5.91 Å². The molecular weight excluding hydrogens is 304 g/mol. The van der Waals surface area contributed by atoms with E-state index in [2.05, 4.69) is 23.6 Å². The molecule has 0 spiro atoms. The zero-order valence-electron chi connectivity index (χ0n) is 13.2. The summed E-state index contributed by atoms with van der Waals surface area (Å²) in [4.78, 5) is 11.9. The lowest BCUT2D eigenvalue weighted by Crippen LogP contribution is -2.44. The highest BCUT2D eigenvalue weighted by Gasteiger charge is 2.16. The first-order valence-electron chi connectivity index (χ1n) is 7.40. The predicted octanol–water partition coefficient (Wildman–Crippen LogP) is 1.46. The summed E-state index contributed by atoms with van der Waals surface area (Å²) in [6.07, 6.45) is 1.23. The molecule has 0 bridgehead atoms. The fourth-order valence-corrected chi connectivity index (χ4v) is 2.49.